The van der Waals surface area contributed by atoms with Crippen molar-refractivity contribution in [1.82, 2.24) is 5.32 Å². The van der Waals surface area contributed by atoms with Crippen molar-refractivity contribution in [2.75, 3.05) is 0 Å². The number of carbonyl (C=O) groups is 1. The molecule has 1 aromatic rings. The van der Waals surface area contributed by atoms with E-state index in [2.05, 4.69) is 36.5 Å². The van der Waals surface area contributed by atoms with Gasteiger partial charge >= 0.3 is 6.09 Å². The first kappa shape index (κ1) is 14.6. The molecule has 3 nitrogen and oxygen atoms in total. The third-order valence-electron chi connectivity index (χ3n) is 2.43. The van der Waals surface area contributed by atoms with Crippen LogP contribution in [0.5, 0.6) is 0 Å². The third-order valence-corrected chi connectivity index (χ3v) is 2.43. The topological polar surface area (TPSA) is 38.3 Å². The van der Waals surface area contributed by atoms with E-state index in [1.54, 1.807) is 0 Å². The van der Waals surface area contributed by atoms with Crippen molar-refractivity contribution in [1.29, 1.82) is 0 Å². The Kier molecular flexibility index (Phi) is 4.76. The van der Waals surface area contributed by atoms with Crippen molar-refractivity contribution in [3.63, 3.8) is 0 Å². The molecule has 0 heterocycles. The van der Waals surface area contributed by atoms with Crippen LogP contribution in [-0.4, -0.2) is 17.7 Å². The molecule has 0 saturated carbocycles. The monoisotopic (exact) mass is 249 g/mol. The van der Waals surface area contributed by atoms with Gasteiger partial charge in [-0.3, -0.25) is 0 Å². The predicted molar refractivity (Wildman–Crippen MR) is 73.7 cm³/mol. The van der Waals surface area contributed by atoms with Gasteiger partial charge in [0, 0.05) is 6.04 Å². The lowest BCUT2D eigenvalue weighted by Crippen LogP contribution is -2.38. The summed E-state index contributed by atoms with van der Waals surface area (Å²) < 4.78 is 5.22. The van der Waals surface area contributed by atoms with Gasteiger partial charge in [-0.15, -0.1) is 0 Å². The van der Waals surface area contributed by atoms with Gasteiger partial charge in [0.15, 0.2) is 0 Å². The van der Waals surface area contributed by atoms with E-state index in [-0.39, 0.29) is 12.1 Å². The Bertz CT molecular complexity index is 390. The van der Waals surface area contributed by atoms with Crippen LogP contribution < -0.4 is 5.32 Å². The van der Waals surface area contributed by atoms with Gasteiger partial charge in [0.2, 0.25) is 0 Å². The maximum Gasteiger partial charge on any atom is 0.407 e. The van der Waals surface area contributed by atoms with E-state index in [0.29, 0.717) is 0 Å². The molecule has 1 atom stereocenters. The molecule has 3 heteroatoms. The fraction of sp³-hybridized carbons (Fsp3) is 0.533. The standard InChI is InChI=1S/C15H23NO2/c1-11-6-8-13(9-7-11)10-12(2)16-14(17)18-15(3,4)5/h6-9,12H,10H2,1-5H3,(H,16,17). The molecular formula is C15H23NO2. The third kappa shape index (κ3) is 5.71. The summed E-state index contributed by atoms with van der Waals surface area (Å²) in [6.07, 6.45) is 0.446. The number of hydrogen-bond acceptors (Lipinski definition) is 2. The van der Waals surface area contributed by atoms with E-state index in [1.165, 1.54) is 11.1 Å². The minimum atomic E-state index is -0.451. The molecule has 1 unspecified atom stereocenters. The Hall–Kier alpha value is -1.51. The summed E-state index contributed by atoms with van der Waals surface area (Å²) in [5.74, 6) is 0. The lowest BCUT2D eigenvalue weighted by Gasteiger charge is -2.22. The fourth-order valence-corrected chi connectivity index (χ4v) is 1.64. The fourth-order valence-electron chi connectivity index (χ4n) is 1.64. The molecule has 0 radical (unpaired) electrons. The van der Waals surface area contributed by atoms with Crippen LogP contribution in [0.1, 0.15) is 38.8 Å². The normalized spacial score (nSPS) is 12.9. The number of benzene rings is 1. The van der Waals surface area contributed by atoms with E-state index in [1.807, 2.05) is 27.7 Å². The van der Waals surface area contributed by atoms with Gasteiger partial charge in [-0.2, -0.15) is 0 Å². The van der Waals surface area contributed by atoms with Crippen molar-refractivity contribution in [2.24, 2.45) is 0 Å². The number of hydrogen-bond donors (Lipinski definition) is 1. The first-order valence-corrected chi connectivity index (χ1v) is 6.31. The van der Waals surface area contributed by atoms with Crippen LogP contribution in [0, 0.1) is 6.92 Å². The van der Waals surface area contributed by atoms with E-state index < -0.39 is 5.60 Å². The van der Waals surface area contributed by atoms with Gasteiger partial charge in [0.25, 0.3) is 0 Å². The van der Waals surface area contributed by atoms with Crippen LogP contribution in [0.3, 0.4) is 0 Å². The van der Waals surface area contributed by atoms with Crippen LogP contribution in [0.2, 0.25) is 0 Å². The maximum absolute atomic E-state index is 11.6. The van der Waals surface area contributed by atoms with Crippen molar-refractivity contribution >= 4 is 6.09 Å². The number of amides is 1. The molecule has 0 fully saturated rings. The molecule has 0 aliphatic heterocycles. The van der Waals surface area contributed by atoms with Crippen molar-refractivity contribution in [2.45, 2.75) is 52.7 Å². The van der Waals surface area contributed by atoms with Gasteiger partial charge in [0.1, 0.15) is 5.60 Å². The zero-order chi connectivity index (χ0) is 13.8. The molecule has 0 saturated heterocycles. The Labute approximate surface area is 110 Å². The Morgan fingerprint density at radius 2 is 1.83 bits per heavy atom. The summed E-state index contributed by atoms with van der Waals surface area (Å²) in [6, 6.07) is 8.39. The van der Waals surface area contributed by atoms with Gasteiger partial charge in [0.05, 0.1) is 0 Å². The molecule has 0 aromatic heterocycles. The minimum absolute atomic E-state index is 0.0579. The summed E-state index contributed by atoms with van der Waals surface area (Å²) in [5, 5.41) is 2.84. The average molecular weight is 249 g/mol. The number of alkyl carbamates (subject to hydrolysis) is 1. The van der Waals surface area contributed by atoms with E-state index in [4.69, 9.17) is 4.74 Å². The zero-order valence-corrected chi connectivity index (χ0v) is 11.9. The second-order valence-corrected chi connectivity index (χ2v) is 5.74. The molecule has 0 bridgehead atoms. The molecule has 18 heavy (non-hydrogen) atoms. The number of ether oxygens (including phenoxy) is 1. The smallest absolute Gasteiger partial charge is 0.407 e. The molecule has 0 aliphatic rings. The summed E-state index contributed by atoms with van der Waals surface area (Å²) in [4.78, 5) is 11.6. The predicted octanol–water partition coefficient (Wildman–Crippen LogP) is 3.45. The summed E-state index contributed by atoms with van der Waals surface area (Å²) >= 11 is 0. The highest BCUT2D eigenvalue weighted by Gasteiger charge is 2.17. The number of aryl methyl sites for hydroxylation is 1. The minimum Gasteiger partial charge on any atom is -0.444 e. The number of carbonyl (C=O) groups excluding carboxylic acids is 1. The second kappa shape index (κ2) is 5.89. The molecule has 0 spiro atoms. The van der Waals surface area contributed by atoms with E-state index in [9.17, 15) is 4.79 Å². The zero-order valence-electron chi connectivity index (χ0n) is 11.9. The lowest BCUT2D eigenvalue weighted by molar-refractivity contribution is 0.0508. The van der Waals surface area contributed by atoms with Crippen LogP contribution >= 0.6 is 0 Å². The maximum atomic E-state index is 11.6. The molecule has 100 valence electrons. The highest BCUT2D eigenvalue weighted by atomic mass is 16.6. The SMILES string of the molecule is Cc1ccc(CC(C)NC(=O)OC(C)(C)C)cc1. The van der Waals surface area contributed by atoms with Gasteiger partial charge in [-0.1, -0.05) is 29.8 Å². The number of nitrogens with one attached hydrogen (secondary N) is 1. The Balaban J connectivity index is 2.44. The molecule has 0 aliphatic carbocycles. The van der Waals surface area contributed by atoms with Crippen molar-refractivity contribution < 1.29 is 9.53 Å². The second-order valence-electron chi connectivity index (χ2n) is 5.74. The van der Waals surface area contributed by atoms with Gasteiger partial charge in [-0.25, -0.2) is 4.79 Å². The average Bonchev–Trinajstić information content (AvgIpc) is 2.18. The highest BCUT2D eigenvalue weighted by molar-refractivity contribution is 5.68. The van der Waals surface area contributed by atoms with Crippen molar-refractivity contribution in [3.05, 3.63) is 35.4 Å². The number of rotatable bonds is 3. The first-order valence-electron chi connectivity index (χ1n) is 6.31. The lowest BCUT2D eigenvalue weighted by atomic mass is 10.1. The van der Waals surface area contributed by atoms with Crippen LogP contribution in [0.25, 0.3) is 0 Å². The molecule has 1 N–H and O–H groups in total. The molecule has 1 amide bonds. The largest absolute Gasteiger partial charge is 0.444 e. The van der Waals surface area contributed by atoms with Crippen LogP contribution in [0.15, 0.2) is 24.3 Å². The Morgan fingerprint density at radius 3 is 2.33 bits per heavy atom. The van der Waals surface area contributed by atoms with Crippen LogP contribution in [-0.2, 0) is 11.2 Å². The Morgan fingerprint density at radius 1 is 1.28 bits per heavy atom. The van der Waals surface area contributed by atoms with E-state index in [0.717, 1.165) is 6.42 Å². The molecular weight excluding hydrogens is 226 g/mol. The van der Waals surface area contributed by atoms with Crippen molar-refractivity contribution in [3.8, 4) is 0 Å². The molecule has 1 aromatic carbocycles. The van der Waals surface area contributed by atoms with Crippen LogP contribution in [0.4, 0.5) is 4.79 Å². The summed E-state index contributed by atoms with van der Waals surface area (Å²) in [7, 11) is 0. The van der Waals surface area contributed by atoms with Gasteiger partial charge in [-0.05, 0) is 46.6 Å². The van der Waals surface area contributed by atoms with Gasteiger partial charge < -0.3 is 10.1 Å². The highest BCUT2D eigenvalue weighted by Crippen LogP contribution is 2.09. The summed E-state index contributed by atoms with van der Waals surface area (Å²) in [6.45, 7) is 9.61. The van der Waals surface area contributed by atoms with E-state index >= 15 is 0 Å². The first-order chi connectivity index (χ1) is 8.26. The quantitative estimate of drug-likeness (QED) is 0.891. The molecule has 1 rings (SSSR count). The summed E-state index contributed by atoms with van der Waals surface area (Å²) in [5.41, 5.74) is 2.00.